The van der Waals surface area contributed by atoms with Crippen LogP contribution in [0.25, 0.3) is 17.4 Å². The molecule has 1 amide bonds. The van der Waals surface area contributed by atoms with Crippen LogP contribution in [0, 0.1) is 10.1 Å². The van der Waals surface area contributed by atoms with Crippen LogP contribution in [0.15, 0.2) is 110 Å². The molecular formula is C32H23ClN4O6S. The van der Waals surface area contributed by atoms with Gasteiger partial charge in [0.05, 0.1) is 45.5 Å². The molecule has 2 aromatic heterocycles. The Morgan fingerprint density at radius 1 is 1.11 bits per heavy atom. The Labute approximate surface area is 259 Å². The van der Waals surface area contributed by atoms with E-state index in [1.54, 1.807) is 67.6 Å². The van der Waals surface area contributed by atoms with Crippen molar-refractivity contribution in [2.75, 3.05) is 12.4 Å². The van der Waals surface area contributed by atoms with Crippen LogP contribution in [0.5, 0.6) is 5.75 Å². The summed E-state index contributed by atoms with van der Waals surface area (Å²) < 4.78 is 13.2. The summed E-state index contributed by atoms with van der Waals surface area (Å²) in [6.07, 6.45) is 1.60. The van der Waals surface area contributed by atoms with E-state index in [1.807, 2.05) is 18.2 Å². The number of ether oxygens (including phenoxy) is 1. The summed E-state index contributed by atoms with van der Waals surface area (Å²) in [5.74, 6) is 0.690. The molecule has 10 nitrogen and oxygen atoms in total. The zero-order chi connectivity index (χ0) is 31.0. The highest BCUT2D eigenvalue weighted by atomic mass is 35.5. The molecule has 0 aliphatic carbocycles. The largest absolute Gasteiger partial charge is 0.496 e. The van der Waals surface area contributed by atoms with E-state index in [0.29, 0.717) is 54.0 Å². The monoisotopic (exact) mass is 626 g/mol. The minimum absolute atomic E-state index is 0.110. The number of non-ortho nitro benzene ring substituents is 1. The Kier molecular flexibility index (Phi) is 7.73. The number of para-hydroxylation sites is 1. The summed E-state index contributed by atoms with van der Waals surface area (Å²) >= 11 is 7.34. The first-order valence-electron chi connectivity index (χ1n) is 13.3. The third kappa shape index (κ3) is 5.46. The Balaban J connectivity index is 1.43. The van der Waals surface area contributed by atoms with Crippen molar-refractivity contribution in [1.82, 2.24) is 4.57 Å². The molecule has 0 bridgehead atoms. The maximum Gasteiger partial charge on any atom is 0.273 e. The van der Waals surface area contributed by atoms with Gasteiger partial charge in [-0.25, -0.2) is 4.99 Å². The van der Waals surface area contributed by atoms with Gasteiger partial charge in [0, 0.05) is 22.9 Å². The first kappa shape index (κ1) is 28.8. The Bertz CT molecular complexity index is 2130. The fourth-order valence-electron chi connectivity index (χ4n) is 4.99. The van der Waals surface area contributed by atoms with Gasteiger partial charge in [-0.05, 0) is 55.0 Å². The number of allylic oxidation sites excluding steroid dienone is 1. The topological polar surface area (TPSA) is 129 Å². The summed E-state index contributed by atoms with van der Waals surface area (Å²) in [4.78, 5) is 43.4. The minimum atomic E-state index is -0.758. The highest BCUT2D eigenvalue weighted by Gasteiger charge is 2.32. The van der Waals surface area contributed by atoms with Crippen LogP contribution < -0.4 is 24.9 Å². The minimum Gasteiger partial charge on any atom is -0.496 e. The normalized spacial score (nSPS) is 14.6. The number of furan rings is 1. The Morgan fingerprint density at radius 3 is 2.57 bits per heavy atom. The molecule has 0 radical (unpaired) electrons. The second-order valence-electron chi connectivity index (χ2n) is 9.80. The second-order valence-corrected chi connectivity index (χ2v) is 11.2. The molecule has 0 unspecified atom stereocenters. The van der Waals surface area contributed by atoms with Crippen LogP contribution >= 0.6 is 22.9 Å². The summed E-state index contributed by atoms with van der Waals surface area (Å²) in [5.41, 5.74) is 2.19. The van der Waals surface area contributed by atoms with E-state index < -0.39 is 11.0 Å². The number of nitrogens with one attached hydrogen (secondary N) is 1. The molecule has 0 saturated carbocycles. The SMILES string of the molecule is COc1cc([N+](=O)[O-])ccc1-c1ccc(/C=c2\sc3n(c2=O)[C@@H](c2ccc(Cl)cc2)C(C(=O)Nc2ccccc2)=C(C)N=3)o1. The van der Waals surface area contributed by atoms with Gasteiger partial charge in [0.15, 0.2) is 4.80 Å². The zero-order valence-corrected chi connectivity index (χ0v) is 24.9. The first-order valence-corrected chi connectivity index (χ1v) is 14.5. The van der Waals surface area contributed by atoms with E-state index in [0.717, 1.165) is 0 Å². The summed E-state index contributed by atoms with van der Waals surface area (Å²) in [5, 5.41) is 14.6. The van der Waals surface area contributed by atoms with Gasteiger partial charge in [-0.15, -0.1) is 0 Å². The lowest BCUT2D eigenvalue weighted by atomic mass is 9.95. The van der Waals surface area contributed by atoms with Crippen molar-refractivity contribution in [3.05, 3.63) is 142 Å². The van der Waals surface area contributed by atoms with E-state index in [2.05, 4.69) is 10.3 Å². The molecule has 220 valence electrons. The van der Waals surface area contributed by atoms with Crippen molar-refractivity contribution < 1.29 is 18.9 Å². The number of methoxy groups -OCH3 is 1. The number of nitro benzene ring substituents is 1. The van der Waals surface area contributed by atoms with Gasteiger partial charge in [0.2, 0.25) is 0 Å². The number of halogens is 1. The number of hydrogen-bond donors (Lipinski definition) is 1. The summed E-state index contributed by atoms with van der Waals surface area (Å²) in [7, 11) is 1.42. The predicted molar refractivity (Wildman–Crippen MR) is 168 cm³/mol. The van der Waals surface area contributed by atoms with Gasteiger partial charge in [0.1, 0.15) is 17.3 Å². The standard InChI is InChI=1S/C32H23ClN4O6S/c1-18-28(30(38)35-21-6-4-3-5-7-21)29(19-8-10-20(33)11-9-19)36-31(39)27(44-32(36)34-18)17-23-13-15-25(43-23)24-14-12-22(37(40)41)16-26(24)42-2/h3-17,29H,1-2H3,(H,35,38)/b27-17-/t29-/m0/s1. The highest BCUT2D eigenvalue weighted by molar-refractivity contribution is 7.07. The van der Waals surface area contributed by atoms with Gasteiger partial charge >= 0.3 is 0 Å². The number of aromatic nitrogens is 1. The van der Waals surface area contributed by atoms with Crippen LogP contribution in [0.2, 0.25) is 5.02 Å². The quantitative estimate of drug-likeness (QED) is 0.182. The molecule has 12 heteroatoms. The number of rotatable bonds is 7. The molecule has 5 aromatic rings. The lowest BCUT2D eigenvalue weighted by Crippen LogP contribution is -2.40. The van der Waals surface area contributed by atoms with Gasteiger partial charge < -0.3 is 14.5 Å². The number of nitro groups is 1. The third-order valence-electron chi connectivity index (χ3n) is 7.05. The van der Waals surface area contributed by atoms with E-state index in [1.165, 1.54) is 35.1 Å². The average Bonchev–Trinajstić information content (AvgIpc) is 3.60. The molecule has 1 aliphatic rings. The predicted octanol–water partition coefficient (Wildman–Crippen LogP) is 5.70. The van der Waals surface area contributed by atoms with E-state index >= 15 is 0 Å². The number of fused-ring (bicyclic) bond motifs is 1. The highest BCUT2D eigenvalue weighted by Crippen LogP contribution is 2.35. The average molecular weight is 627 g/mol. The van der Waals surface area contributed by atoms with Crippen LogP contribution in [0.1, 0.15) is 24.3 Å². The van der Waals surface area contributed by atoms with Crippen molar-refractivity contribution in [1.29, 1.82) is 0 Å². The molecule has 3 heterocycles. The summed E-state index contributed by atoms with van der Waals surface area (Å²) in [6.45, 7) is 1.75. The number of carbonyl (C=O) groups excluding carboxylic acids is 1. The zero-order valence-electron chi connectivity index (χ0n) is 23.3. The van der Waals surface area contributed by atoms with Crippen molar-refractivity contribution >= 4 is 46.3 Å². The molecular weight excluding hydrogens is 604 g/mol. The lowest BCUT2D eigenvalue weighted by Gasteiger charge is -2.25. The smallest absolute Gasteiger partial charge is 0.273 e. The van der Waals surface area contributed by atoms with Crippen LogP contribution in [0.3, 0.4) is 0 Å². The maximum absolute atomic E-state index is 14.0. The van der Waals surface area contributed by atoms with Gasteiger partial charge in [-0.2, -0.15) is 0 Å². The molecule has 1 N–H and O–H groups in total. The molecule has 0 saturated heterocycles. The van der Waals surface area contributed by atoms with Gasteiger partial charge in [-0.3, -0.25) is 24.3 Å². The van der Waals surface area contributed by atoms with Crippen LogP contribution in [-0.4, -0.2) is 22.5 Å². The second kappa shape index (κ2) is 11.8. The van der Waals surface area contributed by atoms with Crippen molar-refractivity contribution in [2.24, 2.45) is 4.99 Å². The molecule has 1 aliphatic heterocycles. The van der Waals surface area contributed by atoms with Crippen molar-refractivity contribution in [3.63, 3.8) is 0 Å². The Morgan fingerprint density at radius 2 is 1.86 bits per heavy atom. The van der Waals surface area contributed by atoms with Gasteiger partial charge in [0.25, 0.3) is 17.2 Å². The van der Waals surface area contributed by atoms with Gasteiger partial charge in [-0.1, -0.05) is 53.3 Å². The molecule has 3 aromatic carbocycles. The fraction of sp³-hybridized carbons (Fsp3) is 0.0938. The summed E-state index contributed by atoms with van der Waals surface area (Å²) in [6, 6.07) is 22.9. The third-order valence-corrected chi connectivity index (χ3v) is 8.28. The van der Waals surface area contributed by atoms with Crippen molar-refractivity contribution in [3.8, 4) is 17.1 Å². The first-order chi connectivity index (χ1) is 21.2. The van der Waals surface area contributed by atoms with Crippen LogP contribution in [0.4, 0.5) is 11.4 Å². The lowest BCUT2D eigenvalue weighted by molar-refractivity contribution is -0.384. The molecule has 1 atom stereocenters. The van der Waals surface area contributed by atoms with E-state index in [-0.39, 0.29) is 22.9 Å². The number of benzene rings is 3. The number of nitrogens with zero attached hydrogens (tertiary/aromatic N) is 3. The molecule has 6 rings (SSSR count). The molecule has 44 heavy (non-hydrogen) atoms. The van der Waals surface area contributed by atoms with E-state index in [9.17, 15) is 19.7 Å². The number of hydrogen-bond acceptors (Lipinski definition) is 8. The molecule has 0 fully saturated rings. The number of carbonyl (C=O) groups is 1. The molecule has 0 spiro atoms. The van der Waals surface area contributed by atoms with Crippen molar-refractivity contribution in [2.45, 2.75) is 13.0 Å². The fourth-order valence-corrected chi connectivity index (χ4v) is 6.15. The number of amides is 1. The Hall–Kier alpha value is -5.26. The number of anilines is 1. The van der Waals surface area contributed by atoms with Crippen LogP contribution in [-0.2, 0) is 4.79 Å². The number of thiazole rings is 1. The van der Waals surface area contributed by atoms with E-state index in [4.69, 9.17) is 20.8 Å². The maximum atomic E-state index is 14.0.